The maximum Gasteiger partial charge on any atom is 0.231 e. The van der Waals surface area contributed by atoms with Crippen molar-refractivity contribution in [1.29, 1.82) is 5.26 Å². The van der Waals surface area contributed by atoms with Crippen LogP contribution in [0.25, 0.3) is 0 Å². The highest BCUT2D eigenvalue weighted by molar-refractivity contribution is 5.48. The summed E-state index contributed by atoms with van der Waals surface area (Å²) in [6.07, 6.45) is 0. The molecule has 1 heterocycles. The van der Waals surface area contributed by atoms with E-state index in [0.29, 0.717) is 12.1 Å². The Kier molecular flexibility index (Phi) is 3.76. The van der Waals surface area contributed by atoms with Crippen LogP contribution in [0.5, 0.6) is 11.5 Å². The first-order chi connectivity index (χ1) is 10.3. The smallest absolute Gasteiger partial charge is 0.231 e. The van der Waals surface area contributed by atoms with E-state index < -0.39 is 0 Å². The molecule has 0 saturated carbocycles. The van der Waals surface area contributed by atoms with Gasteiger partial charge in [-0.2, -0.15) is 5.26 Å². The molecule has 1 N–H and O–H groups in total. The highest BCUT2D eigenvalue weighted by atomic mass is 16.7. The molecule has 2 aromatic rings. The monoisotopic (exact) mass is 280 g/mol. The molecule has 0 aromatic heterocycles. The molecule has 0 amide bonds. The number of nitrogens with zero attached hydrogens (tertiary/aromatic N) is 1. The molecule has 106 valence electrons. The zero-order valence-electron chi connectivity index (χ0n) is 11.8. The Balaban J connectivity index is 1.67. The molecule has 1 aliphatic rings. The van der Waals surface area contributed by atoms with Gasteiger partial charge < -0.3 is 14.8 Å². The van der Waals surface area contributed by atoms with Gasteiger partial charge >= 0.3 is 0 Å². The molecule has 4 nitrogen and oxygen atoms in total. The number of hydrogen-bond donors (Lipinski definition) is 1. The number of para-hydroxylation sites is 1. The Morgan fingerprint density at radius 1 is 1.19 bits per heavy atom. The lowest BCUT2D eigenvalue weighted by molar-refractivity contribution is 0.173. The summed E-state index contributed by atoms with van der Waals surface area (Å²) in [6, 6.07) is 15.9. The summed E-state index contributed by atoms with van der Waals surface area (Å²) < 4.78 is 10.9. The van der Waals surface area contributed by atoms with Gasteiger partial charge in [-0.1, -0.05) is 24.3 Å². The van der Waals surface area contributed by atoms with Crippen molar-refractivity contribution in [2.24, 2.45) is 0 Å². The molecule has 0 bridgehead atoms. The molecule has 0 radical (unpaired) electrons. The van der Waals surface area contributed by atoms with Gasteiger partial charge in [0.15, 0.2) is 11.5 Å². The number of ether oxygens (including phenoxy) is 2. The quantitative estimate of drug-likeness (QED) is 0.934. The summed E-state index contributed by atoms with van der Waals surface area (Å²) in [6.45, 7) is 3.09. The van der Waals surface area contributed by atoms with E-state index in [0.717, 1.165) is 22.6 Å². The van der Waals surface area contributed by atoms with Gasteiger partial charge in [0.2, 0.25) is 6.79 Å². The minimum atomic E-state index is 0.191. The molecule has 0 saturated heterocycles. The highest BCUT2D eigenvalue weighted by Gasteiger charge is 2.17. The van der Waals surface area contributed by atoms with Gasteiger partial charge in [0.25, 0.3) is 0 Å². The molecule has 0 fully saturated rings. The van der Waals surface area contributed by atoms with E-state index in [9.17, 15) is 0 Å². The van der Waals surface area contributed by atoms with Crippen LogP contribution in [-0.4, -0.2) is 6.79 Å². The Morgan fingerprint density at radius 2 is 2.00 bits per heavy atom. The number of rotatable bonds is 4. The molecule has 4 heteroatoms. The number of fused-ring (bicyclic) bond motifs is 1. The van der Waals surface area contributed by atoms with E-state index in [-0.39, 0.29) is 12.8 Å². The summed E-state index contributed by atoms with van der Waals surface area (Å²) in [5.74, 6) is 1.64. The molecule has 0 aliphatic carbocycles. The Labute approximate surface area is 123 Å². The third-order valence-electron chi connectivity index (χ3n) is 3.62. The van der Waals surface area contributed by atoms with Crippen LogP contribution in [-0.2, 0) is 6.54 Å². The maximum absolute atomic E-state index is 8.82. The van der Waals surface area contributed by atoms with E-state index in [1.807, 2.05) is 42.5 Å². The van der Waals surface area contributed by atoms with E-state index in [4.69, 9.17) is 14.7 Å². The van der Waals surface area contributed by atoms with Gasteiger partial charge in [-0.05, 0) is 30.7 Å². The largest absolute Gasteiger partial charge is 0.454 e. The second kappa shape index (κ2) is 5.86. The van der Waals surface area contributed by atoms with Crippen LogP contribution < -0.4 is 14.8 Å². The van der Waals surface area contributed by atoms with Crippen molar-refractivity contribution in [3.8, 4) is 17.6 Å². The van der Waals surface area contributed by atoms with Crippen LogP contribution in [0.1, 0.15) is 29.7 Å². The molecule has 0 spiro atoms. The SMILES string of the molecule is CC(NCc1cccc2c1OCO2)c1ccc(C#N)cc1. The van der Waals surface area contributed by atoms with Crippen molar-refractivity contribution in [2.45, 2.75) is 19.5 Å². The van der Waals surface area contributed by atoms with Gasteiger partial charge in [0.1, 0.15) is 0 Å². The average molecular weight is 280 g/mol. The van der Waals surface area contributed by atoms with Crippen LogP contribution in [0.4, 0.5) is 0 Å². The molecular formula is C17H16N2O2. The van der Waals surface area contributed by atoms with Crippen molar-refractivity contribution in [1.82, 2.24) is 5.32 Å². The lowest BCUT2D eigenvalue weighted by atomic mass is 10.1. The lowest BCUT2D eigenvalue weighted by Crippen LogP contribution is -2.18. The van der Waals surface area contributed by atoms with Crippen LogP contribution in [0, 0.1) is 11.3 Å². The summed E-state index contributed by atoms with van der Waals surface area (Å²) in [4.78, 5) is 0. The first kappa shape index (κ1) is 13.5. The summed E-state index contributed by atoms with van der Waals surface area (Å²) in [5.41, 5.74) is 2.92. The lowest BCUT2D eigenvalue weighted by Gasteiger charge is -2.15. The predicted octanol–water partition coefficient (Wildman–Crippen LogP) is 3.14. The minimum Gasteiger partial charge on any atom is -0.454 e. The third kappa shape index (κ3) is 2.83. The van der Waals surface area contributed by atoms with Crippen molar-refractivity contribution in [3.05, 3.63) is 59.2 Å². The van der Waals surface area contributed by atoms with E-state index >= 15 is 0 Å². The minimum absolute atomic E-state index is 0.191. The number of benzene rings is 2. The van der Waals surface area contributed by atoms with Crippen molar-refractivity contribution >= 4 is 0 Å². The van der Waals surface area contributed by atoms with E-state index in [1.165, 1.54) is 0 Å². The fourth-order valence-electron chi connectivity index (χ4n) is 2.36. The van der Waals surface area contributed by atoms with Crippen molar-refractivity contribution in [3.63, 3.8) is 0 Å². The van der Waals surface area contributed by atoms with Crippen molar-refractivity contribution in [2.75, 3.05) is 6.79 Å². The third-order valence-corrected chi connectivity index (χ3v) is 3.62. The van der Waals surface area contributed by atoms with Crippen LogP contribution in [0.3, 0.4) is 0 Å². The fraction of sp³-hybridized carbons (Fsp3) is 0.235. The number of nitrogens with one attached hydrogen (secondary N) is 1. The maximum atomic E-state index is 8.82. The second-order valence-corrected chi connectivity index (χ2v) is 4.99. The molecular weight excluding hydrogens is 264 g/mol. The first-order valence-corrected chi connectivity index (χ1v) is 6.89. The highest BCUT2D eigenvalue weighted by Crippen LogP contribution is 2.35. The molecule has 3 rings (SSSR count). The van der Waals surface area contributed by atoms with Gasteiger partial charge in [-0.15, -0.1) is 0 Å². The average Bonchev–Trinajstić information content (AvgIpc) is 3.02. The topological polar surface area (TPSA) is 54.3 Å². The second-order valence-electron chi connectivity index (χ2n) is 4.99. The molecule has 1 aliphatic heterocycles. The van der Waals surface area contributed by atoms with Gasteiger partial charge in [-0.25, -0.2) is 0 Å². The molecule has 1 unspecified atom stereocenters. The molecule has 2 aromatic carbocycles. The standard InChI is InChI=1S/C17H16N2O2/c1-12(14-7-5-13(9-18)6-8-14)19-10-15-3-2-4-16-17(15)21-11-20-16/h2-8,12,19H,10-11H2,1H3. The normalized spacial score (nSPS) is 13.7. The Hall–Kier alpha value is -2.51. The van der Waals surface area contributed by atoms with Crippen LogP contribution >= 0.6 is 0 Å². The zero-order chi connectivity index (χ0) is 14.7. The van der Waals surface area contributed by atoms with E-state index in [1.54, 1.807) is 0 Å². The molecule has 21 heavy (non-hydrogen) atoms. The predicted molar refractivity (Wildman–Crippen MR) is 79.0 cm³/mol. The van der Waals surface area contributed by atoms with Crippen molar-refractivity contribution < 1.29 is 9.47 Å². The zero-order valence-corrected chi connectivity index (χ0v) is 11.8. The summed E-state index contributed by atoms with van der Waals surface area (Å²) in [7, 11) is 0. The Bertz CT molecular complexity index is 674. The fourth-order valence-corrected chi connectivity index (χ4v) is 2.36. The summed E-state index contributed by atoms with van der Waals surface area (Å²) in [5, 5.41) is 12.3. The number of hydrogen-bond acceptors (Lipinski definition) is 4. The van der Waals surface area contributed by atoms with Gasteiger partial charge in [0, 0.05) is 18.2 Å². The van der Waals surface area contributed by atoms with Crippen LogP contribution in [0.15, 0.2) is 42.5 Å². The number of nitriles is 1. The van der Waals surface area contributed by atoms with E-state index in [2.05, 4.69) is 18.3 Å². The summed E-state index contributed by atoms with van der Waals surface area (Å²) >= 11 is 0. The van der Waals surface area contributed by atoms with Gasteiger partial charge in [0.05, 0.1) is 11.6 Å². The Morgan fingerprint density at radius 3 is 2.76 bits per heavy atom. The van der Waals surface area contributed by atoms with Gasteiger partial charge in [-0.3, -0.25) is 0 Å². The van der Waals surface area contributed by atoms with Crippen LogP contribution in [0.2, 0.25) is 0 Å². The molecule has 1 atom stereocenters. The first-order valence-electron chi connectivity index (χ1n) is 6.89.